The van der Waals surface area contributed by atoms with Gasteiger partial charge in [0.1, 0.15) is 33.8 Å². The third kappa shape index (κ3) is 1.74. The van der Waals surface area contributed by atoms with Gasteiger partial charge in [0.25, 0.3) is 0 Å². The van der Waals surface area contributed by atoms with Gasteiger partial charge in [0.15, 0.2) is 0 Å². The molecule has 104 valence electrons. The summed E-state index contributed by atoms with van der Waals surface area (Å²) in [7, 11) is 0. The van der Waals surface area contributed by atoms with Crippen LogP contribution in [0.3, 0.4) is 0 Å². The summed E-state index contributed by atoms with van der Waals surface area (Å²) in [6, 6.07) is 1.04. The molecule has 4 N–H and O–H groups in total. The van der Waals surface area contributed by atoms with Gasteiger partial charge in [-0.2, -0.15) is 0 Å². The molecular formula is C10H6F2N4O4. The molecule has 0 saturated carbocycles. The van der Waals surface area contributed by atoms with Crippen molar-refractivity contribution in [2.75, 3.05) is 11.5 Å². The molecule has 0 radical (unpaired) electrons. The number of nitro groups is 2. The molecule has 0 saturated heterocycles. The van der Waals surface area contributed by atoms with Crippen LogP contribution in [0, 0.1) is 31.9 Å². The highest BCUT2D eigenvalue weighted by Crippen LogP contribution is 2.42. The van der Waals surface area contributed by atoms with Crippen LogP contribution in [0.5, 0.6) is 0 Å². The molecule has 0 aliphatic carbocycles. The Bertz CT molecular complexity index is 713. The Balaban J connectivity index is 3.18. The van der Waals surface area contributed by atoms with Crippen LogP contribution in [-0.2, 0) is 0 Å². The van der Waals surface area contributed by atoms with E-state index in [9.17, 15) is 29.0 Å². The zero-order valence-electron chi connectivity index (χ0n) is 9.59. The molecule has 0 unspecified atom stereocenters. The fraction of sp³-hybridized carbons (Fsp3) is 0. The van der Waals surface area contributed by atoms with Gasteiger partial charge in [-0.05, 0) is 0 Å². The standard InChI is InChI=1S/C10H6F2N4O4/c11-3-1-5(13)9(15(17)18)8-4(12)2-6(14)10(7(3)8)16(19)20/h1-2H,13-14H2. The van der Waals surface area contributed by atoms with Crippen LogP contribution in [0.4, 0.5) is 31.5 Å². The topological polar surface area (TPSA) is 138 Å². The Hall–Kier alpha value is -3.04. The van der Waals surface area contributed by atoms with Crippen LogP contribution in [0.25, 0.3) is 10.8 Å². The summed E-state index contributed by atoms with van der Waals surface area (Å²) in [5.74, 6) is -2.53. The smallest absolute Gasteiger partial charge is 0.303 e. The molecule has 20 heavy (non-hydrogen) atoms. The Morgan fingerprint density at radius 1 is 0.850 bits per heavy atom. The maximum absolute atomic E-state index is 13.8. The fourth-order valence-corrected chi connectivity index (χ4v) is 1.94. The quantitative estimate of drug-likeness (QED) is 0.491. The third-order valence-electron chi connectivity index (χ3n) is 2.68. The minimum Gasteiger partial charge on any atom is -0.393 e. The van der Waals surface area contributed by atoms with E-state index in [0.29, 0.717) is 12.1 Å². The van der Waals surface area contributed by atoms with Gasteiger partial charge in [0.2, 0.25) is 0 Å². The summed E-state index contributed by atoms with van der Waals surface area (Å²) in [5.41, 5.74) is 7.38. The van der Waals surface area contributed by atoms with Crippen LogP contribution < -0.4 is 11.5 Å². The molecule has 0 spiro atoms. The van der Waals surface area contributed by atoms with E-state index in [4.69, 9.17) is 11.5 Å². The Labute approximate surface area is 108 Å². The number of halogens is 2. The SMILES string of the molecule is Nc1cc(F)c2c([N+](=O)[O-])c(N)cc(F)c2c1[N+](=O)[O-]. The predicted octanol–water partition coefficient (Wildman–Crippen LogP) is 2.10. The second kappa shape index (κ2) is 4.26. The Morgan fingerprint density at radius 2 is 1.15 bits per heavy atom. The number of hydrogen-bond donors (Lipinski definition) is 2. The average Bonchev–Trinajstić information content (AvgIpc) is 2.29. The van der Waals surface area contributed by atoms with Crippen molar-refractivity contribution in [2.24, 2.45) is 0 Å². The monoisotopic (exact) mass is 284 g/mol. The Kier molecular flexibility index (Phi) is 2.85. The van der Waals surface area contributed by atoms with E-state index in [1.807, 2.05) is 0 Å². The first kappa shape index (κ1) is 13.4. The van der Waals surface area contributed by atoms with Crippen molar-refractivity contribution in [3.63, 3.8) is 0 Å². The number of anilines is 2. The van der Waals surface area contributed by atoms with Crippen molar-refractivity contribution in [3.05, 3.63) is 44.0 Å². The highest BCUT2D eigenvalue weighted by Gasteiger charge is 2.30. The van der Waals surface area contributed by atoms with E-state index in [1.165, 1.54) is 0 Å². The highest BCUT2D eigenvalue weighted by atomic mass is 19.1. The fourth-order valence-electron chi connectivity index (χ4n) is 1.94. The molecule has 0 heterocycles. The zero-order chi connectivity index (χ0) is 15.2. The molecule has 0 fully saturated rings. The lowest BCUT2D eigenvalue weighted by Crippen LogP contribution is -2.04. The number of nitrogen functional groups attached to an aromatic ring is 2. The average molecular weight is 284 g/mol. The highest BCUT2D eigenvalue weighted by molar-refractivity contribution is 6.04. The third-order valence-corrected chi connectivity index (χ3v) is 2.68. The van der Waals surface area contributed by atoms with Crippen LogP contribution in [0.2, 0.25) is 0 Å². The predicted molar refractivity (Wildman–Crippen MR) is 66.0 cm³/mol. The minimum absolute atomic E-state index is 0.520. The summed E-state index contributed by atoms with van der Waals surface area (Å²) in [6.07, 6.45) is 0. The number of nitrogens with zero attached hydrogens (tertiary/aromatic N) is 2. The van der Waals surface area contributed by atoms with Gasteiger partial charge in [0, 0.05) is 12.1 Å². The minimum atomic E-state index is -1.26. The van der Waals surface area contributed by atoms with E-state index >= 15 is 0 Å². The van der Waals surface area contributed by atoms with Gasteiger partial charge in [-0.3, -0.25) is 20.2 Å². The summed E-state index contributed by atoms with van der Waals surface area (Å²) in [4.78, 5) is 19.7. The second-order valence-electron chi connectivity index (χ2n) is 3.86. The molecule has 0 atom stereocenters. The van der Waals surface area contributed by atoms with Crippen molar-refractivity contribution in [1.82, 2.24) is 0 Å². The number of benzene rings is 2. The molecule has 2 aromatic rings. The second-order valence-corrected chi connectivity index (χ2v) is 3.86. The summed E-state index contributed by atoms with van der Waals surface area (Å²) >= 11 is 0. The van der Waals surface area contributed by atoms with Gasteiger partial charge in [-0.1, -0.05) is 0 Å². The number of hydrogen-bond acceptors (Lipinski definition) is 6. The van der Waals surface area contributed by atoms with Gasteiger partial charge >= 0.3 is 11.4 Å². The lowest BCUT2D eigenvalue weighted by atomic mass is 10.0. The van der Waals surface area contributed by atoms with E-state index < -0.39 is 55.0 Å². The zero-order valence-corrected chi connectivity index (χ0v) is 9.59. The summed E-state index contributed by atoms with van der Waals surface area (Å²) < 4.78 is 27.7. The normalized spacial score (nSPS) is 10.7. The van der Waals surface area contributed by atoms with Crippen molar-refractivity contribution >= 4 is 33.5 Å². The molecule has 2 rings (SSSR count). The van der Waals surface area contributed by atoms with E-state index in [0.717, 1.165) is 0 Å². The lowest BCUT2D eigenvalue weighted by Gasteiger charge is -2.07. The van der Waals surface area contributed by atoms with E-state index in [1.54, 1.807) is 0 Å². The number of rotatable bonds is 2. The first-order valence-electron chi connectivity index (χ1n) is 5.04. The summed E-state index contributed by atoms with van der Waals surface area (Å²) in [5, 5.41) is 20.0. The van der Waals surface area contributed by atoms with Crippen molar-refractivity contribution in [1.29, 1.82) is 0 Å². The van der Waals surface area contributed by atoms with Crippen molar-refractivity contribution in [3.8, 4) is 0 Å². The molecule has 10 heteroatoms. The van der Waals surface area contributed by atoms with Crippen LogP contribution in [0.1, 0.15) is 0 Å². The van der Waals surface area contributed by atoms with Crippen molar-refractivity contribution in [2.45, 2.75) is 0 Å². The number of fused-ring (bicyclic) bond motifs is 1. The van der Waals surface area contributed by atoms with Gasteiger partial charge in [-0.25, -0.2) is 8.78 Å². The molecule has 2 aromatic carbocycles. The largest absolute Gasteiger partial charge is 0.393 e. The molecule has 0 amide bonds. The maximum atomic E-state index is 13.8. The van der Waals surface area contributed by atoms with E-state index in [2.05, 4.69) is 0 Å². The first-order valence-corrected chi connectivity index (χ1v) is 5.04. The number of nitro benzene ring substituents is 2. The van der Waals surface area contributed by atoms with Crippen LogP contribution >= 0.6 is 0 Å². The lowest BCUT2D eigenvalue weighted by molar-refractivity contribution is -0.383. The van der Waals surface area contributed by atoms with Gasteiger partial charge < -0.3 is 11.5 Å². The molecule has 0 aliphatic rings. The Morgan fingerprint density at radius 3 is 1.40 bits per heavy atom. The first-order chi connectivity index (χ1) is 9.25. The molecule has 8 nitrogen and oxygen atoms in total. The van der Waals surface area contributed by atoms with Gasteiger partial charge in [-0.15, -0.1) is 0 Å². The molecular weight excluding hydrogens is 278 g/mol. The van der Waals surface area contributed by atoms with Crippen molar-refractivity contribution < 1.29 is 18.6 Å². The molecule has 0 aromatic heterocycles. The van der Waals surface area contributed by atoms with Crippen LogP contribution in [0.15, 0.2) is 12.1 Å². The summed E-state index contributed by atoms with van der Waals surface area (Å²) in [6.45, 7) is 0. The molecule has 0 aliphatic heterocycles. The number of nitrogens with two attached hydrogens (primary N) is 2. The maximum Gasteiger partial charge on any atom is 0.303 e. The van der Waals surface area contributed by atoms with E-state index in [-0.39, 0.29) is 0 Å². The van der Waals surface area contributed by atoms with Gasteiger partial charge in [0.05, 0.1) is 9.85 Å². The van der Waals surface area contributed by atoms with Crippen LogP contribution in [-0.4, -0.2) is 9.85 Å². The molecule has 0 bridgehead atoms.